The molecule has 1 atom stereocenters. The Kier molecular flexibility index (Phi) is 2.52. The lowest BCUT2D eigenvalue weighted by Gasteiger charge is -2.28. The van der Waals surface area contributed by atoms with Gasteiger partial charge in [0.2, 0.25) is 0 Å². The molecule has 2 aliphatic rings. The van der Waals surface area contributed by atoms with Crippen molar-refractivity contribution >= 4 is 5.91 Å². The van der Waals surface area contributed by atoms with Crippen molar-refractivity contribution in [3.8, 4) is 5.75 Å². The molecule has 1 aromatic heterocycles. The monoisotopic (exact) mass is 269 g/mol. The van der Waals surface area contributed by atoms with Gasteiger partial charge in [-0.05, 0) is 11.6 Å². The lowest BCUT2D eigenvalue weighted by atomic mass is 10.1. The van der Waals surface area contributed by atoms with Gasteiger partial charge in [0, 0.05) is 37.2 Å². The molecule has 0 saturated carbocycles. The van der Waals surface area contributed by atoms with Crippen LogP contribution in [0.1, 0.15) is 16.8 Å². The summed E-state index contributed by atoms with van der Waals surface area (Å²) in [7, 11) is 0. The molecule has 2 aromatic rings. The van der Waals surface area contributed by atoms with Crippen molar-refractivity contribution in [3.63, 3.8) is 0 Å². The van der Waals surface area contributed by atoms with E-state index in [1.54, 1.807) is 6.20 Å². The van der Waals surface area contributed by atoms with Crippen LogP contribution in [0.3, 0.4) is 0 Å². The first-order valence-electron chi connectivity index (χ1n) is 6.86. The van der Waals surface area contributed by atoms with Crippen LogP contribution in [0.25, 0.3) is 0 Å². The van der Waals surface area contributed by atoms with Gasteiger partial charge in [0.15, 0.2) is 6.10 Å². The second-order valence-corrected chi connectivity index (χ2v) is 5.30. The van der Waals surface area contributed by atoms with Gasteiger partial charge in [-0.2, -0.15) is 5.10 Å². The Balaban J connectivity index is 1.50. The Hall–Kier alpha value is -2.30. The van der Waals surface area contributed by atoms with E-state index in [9.17, 15) is 4.79 Å². The summed E-state index contributed by atoms with van der Waals surface area (Å²) in [4.78, 5) is 14.4. The number of carbonyl (C=O) groups is 1. The van der Waals surface area contributed by atoms with Crippen LogP contribution in [-0.4, -0.2) is 33.7 Å². The molecule has 0 aliphatic carbocycles. The first-order chi connectivity index (χ1) is 9.81. The van der Waals surface area contributed by atoms with Gasteiger partial charge in [0.1, 0.15) is 5.75 Å². The van der Waals surface area contributed by atoms with Crippen LogP contribution in [0, 0.1) is 0 Å². The fourth-order valence-corrected chi connectivity index (χ4v) is 2.93. The standard InChI is InChI=1S/C15H15N3O2/c19-15(14-7-10-3-1-2-4-13(10)20-14)18-6-5-12-11(9-18)8-16-17-12/h1-4,8,14H,5-7,9H2,(H,16,17). The van der Waals surface area contributed by atoms with E-state index in [-0.39, 0.29) is 12.0 Å². The summed E-state index contributed by atoms with van der Waals surface area (Å²) in [6, 6.07) is 7.86. The molecule has 1 amide bonds. The number of fused-ring (bicyclic) bond motifs is 2. The van der Waals surface area contributed by atoms with E-state index in [0.29, 0.717) is 13.0 Å². The minimum absolute atomic E-state index is 0.0769. The average molecular weight is 269 g/mol. The van der Waals surface area contributed by atoms with Gasteiger partial charge in [0.05, 0.1) is 6.20 Å². The molecule has 1 unspecified atom stereocenters. The third-order valence-corrected chi connectivity index (χ3v) is 4.03. The summed E-state index contributed by atoms with van der Waals surface area (Å²) in [6.45, 7) is 1.35. The van der Waals surface area contributed by atoms with Crippen molar-refractivity contribution < 1.29 is 9.53 Å². The number of rotatable bonds is 1. The highest BCUT2D eigenvalue weighted by Crippen LogP contribution is 2.29. The number of hydrogen-bond acceptors (Lipinski definition) is 3. The predicted octanol–water partition coefficient (Wildman–Crippen LogP) is 1.30. The van der Waals surface area contributed by atoms with E-state index in [2.05, 4.69) is 10.2 Å². The van der Waals surface area contributed by atoms with E-state index >= 15 is 0 Å². The zero-order chi connectivity index (χ0) is 13.5. The maximum absolute atomic E-state index is 12.6. The van der Waals surface area contributed by atoms with Gasteiger partial charge in [-0.15, -0.1) is 0 Å². The van der Waals surface area contributed by atoms with Crippen LogP contribution in [0.5, 0.6) is 5.75 Å². The smallest absolute Gasteiger partial charge is 0.264 e. The molecular weight excluding hydrogens is 254 g/mol. The number of benzene rings is 1. The highest BCUT2D eigenvalue weighted by molar-refractivity contribution is 5.82. The van der Waals surface area contributed by atoms with Crippen LogP contribution in [0.2, 0.25) is 0 Å². The Morgan fingerprint density at radius 2 is 2.25 bits per heavy atom. The molecule has 5 heteroatoms. The molecule has 0 saturated heterocycles. The first-order valence-corrected chi connectivity index (χ1v) is 6.86. The second kappa shape index (κ2) is 4.37. The summed E-state index contributed by atoms with van der Waals surface area (Å²) < 4.78 is 5.78. The molecule has 5 nitrogen and oxygen atoms in total. The third kappa shape index (κ3) is 1.78. The molecule has 20 heavy (non-hydrogen) atoms. The fraction of sp³-hybridized carbons (Fsp3) is 0.333. The fourth-order valence-electron chi connectivity index (χ4n) is 2.93. The third-order valence-electron chi connectivity index (χ3n) is 4.03. The van der Waals surface area contributed by atoms with Gasteiger partial charge in [-0.1, -0.05) is 18.2 Å². The summed E-state index contributed by atoms with van der Waals surface area (Å²) in [5.41, 5.74) is 3.37. The first kappa shape index (κ1) is 11.5. The molecule has 1 N–H and O–H groups in total. The number of aromatic nitrogens is 2. The van der Waals surface area contributed by atoms with E-state index < -0.39 is 0 Å². The van der Waals surface area contributed by atoms with E-state index in [1.165, 1.54) is 0 Å². The van der Waals surface area contributed by atoms with Gasteiger partial charge in [-0.3, -0.25) is 9.89 Å². The Labute approximate surface area is 116 Å². The van der Waals surface area contributed by atoms with Crippen molar-refractivity contribution in [3.05, 3.63) is 47.3 Å². The Bertz CT molecular complexity index is 636. The Morgan fingerprint density at radius 1 is 1.35 bits per heavy atom. The SMILES string of the molecule is O=C(C1Cc2ccccc2O1)N1CCc2[nH]ncc2C1. The lowest BCUT2D eigenvalue weighted by molar-refractivity contribution is -0.138. The molecule has 2 aliphatic heterocycles. The van der Waals surface area contributed by atoms with Gasteiger partial charge in [-0.25, -0.2) is 0 Å². The largest absolute Gasteiger partial charge is 0.480 e. The average Bonchev–Trinajstić information content (AvgIpc) is 3.11. The van der Waals surface area contributed by atoms with Crippen molar-refractivity contribution in [2.24, 2.45) is 0 Å². The summed E-state index contributed by atoms with van der Waals surface area (Å²) in [5.74, 6) is 0.917. The second-order valence-electron chi connectivity index (χ2n) is 5.30. The van der Waals surface area contributed by atoms with Crippen molar-refractivity contribution in [1.82, 2.24) is 15.1 Å². The number of hydrogen-bond donors (Lipinski definition) is 1. The van der Waals surface area contributed by atoms with E-state index in [1.807, 2.05) is 29.2 Å². The Morgan fingerprint density at radius 3 is 3.15 bits per heavy atom. The zero-order valence-electron chi connectivity index (χ0n) is 11.0. The molecule has 102 valence electrons. The van der Waals surface area contributed by atoms with Crippen LogP contribution >= 0.6 is 0 Å². The number of nitrogens with zero attached hydrogens (tertiary/aromatic N) is 2. The number of ether oxygens (including phenoxy) is 1. The maximum atomic E-state index is 12.6. The molecule has 0 spiro atoms. The molecule has 1 aromatic carbocycles. The van der Waals surface area contributed by atoms with Crippen molar-refractivity contribution in [2.45, 2.75) is 25.5 Å². The van der Waals surface area contributed by atoms with Gasteiger partial charge >= 0.3 is 0 Å². The highest BCUT2D eigenvalue weighted by atomic mass is 16.5. The lowest BCUT2D eigenvalue weighted by Crippen LogP contribution is -2.43. The highest BCUT2D eigenvalue weighted by Gasteiger charge is 2.33. The van der Waals surface area contributed by atoms with Gasteiger partial charge in [0.25, 0.3) is 5.91 Å². The van der Waals surface area contributed by atoms with Crippen LogP contribution in [-0.2, 0) is 24.2 Å². The number of nitrogens with one attached hydrogen (secondary N) is 1. The predicted molar refractivity (Wildman–Crippen MR) is 72.3 cm³/mol. The molecule has 3 heterocycles. The van der Waals surface area contributed by atoms with Crippen LogP contribution < -0.4 is 4.74 Å². The summed E-state index contributed by atoms with van der Waals surface area (Å²) in [6.07, 6.45) is 2.93. The summed E-state index contributed by atoms with van der Waals surface area (Å²) >= 11 is 0. The van der Waals surface area contributed by atoms with E-state index in [4.69, 9.17) is 4.74 Å². The summed E-state index contributed by atoms with van der Waals surface area (Å²) in [5, 5.41) is 7.01. The molecule has 4 rings (SSSR count). The number of H-pyrrole nitrogens is 1. The zero-order valence-corrected chi connectivity index (χ0v) is 11.0. The number of carbonyl (C=O) groups excluding carboxylic acids is 1. The molecular formula is C15H15N3O2. The van der Waals surface area contributed by atoms with Crippen molar-refractivity contribution in [2.75, 3.05) is 6.54 Å². The van der Waals surface area contributed by atoms with E-state index in [0.717, 1.165) is 35.5 Å². The topological polar surface area (TPSA) is 58.2 Å². The van der Waals surface area contributed by atoms with Crippen LogP contribution in [0.4, 0.5) is 0 Å². The van der Waals surface area contributed by atoms with Crippen molar-refractivity contribution in [1.29, 1.82) is 0 Å². The molecule has 0 fully saturated rings. The molecule has 0 radical (unpaired) electrons. The van der Waals surface area contributed by atoms with Gasteiger partial charge < -0.3 is 9.64 Å². The number of aromatic amines is 1. The normalized spacial score (nSPS) is 20.2. The maximum Gasteiger partial charge on any atom is 0.264 e. The number of para-hydroxylation sites is 1. The minimum atomic E-state index is -0.374. The molecule has 0 bridgehead atoms. The number of amides is 1. The van der Waals surface area contributed by atoms with Crippen LogP contribution in [0.15, 0.2) is 30.5 Å². The quantitative estimate of drug-likeness (QED) is 0.849. The minimum Gasteiger partial charge on any atom is -0.480 e.